The van der Waals surface area contributed by atoms with Gasteiger partial charge in [0, 0.05) is 27.3 Å². The maximum atomic E-state index is 11.2. The number of nitriles is 1. The summed E-state index contributed by atoms with van der Waals surface area (Å²) in [6.07, 6.45) is 0. The maximum Gasteiger partial charge on any atom is 0.261 e. The van der Waals surface area contributed by atoms with Crippen molar-refractivity contribution < 1.29 is 8.42 Å². The van der Waals surface area contributed by atoms with E-state index in [-0.39, 0.29) is 22.6 Å². The third-order valence-electron chi connectivity index (χ3n) is 1.80. The highest BCUT2D eigenvalue weighted by atomic mass is 79.9. The fraction of sp³-hybridized carbons (Fsp3) is 0.125. The molecule has 0 aliphatic rings. The Morgan fingerprint density at radius 2 is 2.13 bits per heavy atom. The van der Waals surface area contributed by atoms with Crippen LogP contribution in [-0.2, 0) is 15.6 Å². The molecule has 1 aromatic carbocycles. The van der Waals surface area contributed by atoms with Crippen LogP contribution in [0.1, 0.15) is 11.1 Å². The predicted molar refractivity (Wildman–Crippen MR) is 59.8 cm³/mol. The molecule has 0 aliphatic heterocycles. The van der Waals surface area contributed by atoms with Gasteiger partial charge in [0.1, 0.15) is 6.07 Å². The summed E-state index contributed by atoms with van der Waals surface area (Å²) in [5.74, 6) is 0. The van der Waals surface area contributed by atoms with Crippen LogP contribution in [0.4, 0.5) is 0 Å². The second kappa shape index (κ2) is 4.49. The van der Waals surface area contributed by atoms with Crippen molar-refractivity contribution in [1.29, 1.82) is 5.26 Å². The first-order valence-corrected chi connectivity index (χ1v) is 6.88. The molecule has 1 rings (SSSR count). The van der Waals surface area contributed by atoms with Crippen LogP contribution in [0, 0.1) is 11.3 Å². The lowest BCUT2D eigenvalue weighted by Gasteiger charge is -2.07. The molecular weight excluding hydrogens is 304 g/mol. The summed E-state index contributed by atoms with van der Waals surface area (Å²) < 4.78 is 22.8. The molecule has 2 N–H and O–H groups in total. The van der Waals surface area contributed by atoms with Gasteiger partial charge >= 0.3 is 0 Å². The zero-order valence-electron chi connectivity index (χ0n) is 7.37. The van der Waals surface area contributed by atoms with E-state index in [1.807, 2.05) is 6.07 Å². The Balaban J connectivity index is 3.66. The van der Waals surface area contributed by atoms with Gasteiger partial charge in [0.15, 0.2) is 0 Å². The van der Waals surface area contributed by atoms with Crippen LogP contribution < -0.4 is 5.73 Å². The van der Waals surface area contributed by atoms with E-state index < -0.39 is 9.05 Å². The molecule has 0 saturated carbocycles. The van der Waals surface area contributed by atoms with Gasteiger partial charge in [-0.1, -0.05) is 0 Å². The zero-order valence-corrected chi connectivity index (χ0v) is 10.5. The highest BCUT2D eigenvalue weighted by molar-refractivity contribution is 9.10. The second-order valence-corrected chi connectivity index (χ2v) is 6.04. The number of halogens is 2. The van der Waals surface area contributed by atoms with Crippen molar-refractivity contribution in [2.45, 2.75) is 11.4 Å². The van der Waals surface area contributed by atoms with Crippen molar-refractivity contribution >= 4 is 35.7 Å². The summed E-state index contributed by atoms with van der Waals surface area (Å²) in [6, 6.07) is 4.64. The molecule has 0 heterocycles. The standard InChI is InChI=1S/C8H6BrClN2O2S/c9-7-1-2-8(15(10,13)14)6(4-12)5(7)3-11/h1-2H,4,12H2. The molecule has 0 bridgehead atoms. The summed E-state index contributed by atoms with van der Waals surface area (Å²) in [4.78, 5) is -0.119. The third-order valence-corrected chi connectivity index (χ3v) is 3.87. The van der Waals surface area contributed by atoms with Crippen LogP contribution in [0.25, 0.3) is 0 Å². The van der Waals surface area contributed by atoms with Gasteiger partial charge in [0.25, 0.3) is 9.05 Å². The minimum absolute atomic E-state index is 0.0659. The Kier molecular flexibility index (Phi) is 3.73. The van der Waals surface area contributed by atoms with E-state index >= 15 is 0 Å². The Labute approximate surface area is 100 Å². The SMILES string of the molecule is N#Cc1c(Br)ccc(S(=O)(=O)Cl)c1CN. The number of hydrogen-bond donors (Lipinski definition) is 1. The van der Waals surface area contributed by atoms with Gasteiger partial charge in [-0.05, 0) is 28.1 Å². The van der Waals surface area contributed by atoms with E-state index in [2.05, 4.69) is 15.9 Å². The second-order valence-electron chi connectivity index (χ2n) is 2.65. The van der Waals surface area contributed by atoms with Gasteiger partial charge in [-0.3, -0.25) is 0 Å². The first-order valence-electron chi connectivity index (χ1n) is 3.78. The van der Waals surface area contributed by atoms with E-state index in [1.165, 1.54) is 12.1 Å². The monoisotopic (exact) mass is 308 g/mol. The van der Waals surface area contributed by atoms with Crippen LogP contribution >= 0.6 is 26.6 Å². The Morgan fingerprint density at radius 3 is 2.53 bits per heavy atom. The number of nitrogens with zero attached hydrogens (tertiary/aromatic N) is 1. The topological polar surface area (TPSA) is 84.0 Å². The Bertz CT molecular complexity index is 536. The Hall–Kier alpha value is -0.610. The average molecular weight is 310 g/mol. The fourth-order valence-electron chi connectivity index (χ4n) is 1.15. The van der Waals surface area contributed by atoms with Crippen LogP contribution in [0.15, 0.2) is 21.5 Å². The van der Waals surface area contributed by atoms with Gasteiger partial charge in [-0.25, -0.2) is 8.42 Å². The van der Waals surface area contributed by atoms with Crippen LogP contribution in [0.3, 0.4) is 0 Å². The summed E-state index contributed by atoms with van der Waals surface area (Å²) in [5, 5.41) is 8.85. The fourth-order valence-corrected chi connectivity index (χ4v) is 2.76. The molecule has 0 spiro atoms. The third kappa shape index (κ3) is 2.49. The molecular formula is C8H6BrClN2O2S. The lowest BCUT2D eigenvalue weighted by molar-refractivity contribution is 0.608. The van der Waals surface area contributed by atoms with E-state index in [9.17, 15) is 8.42 Å². The highest BCUT2D eigenvalue weighted by Crippen LogP contribution is 2.28. The number of rotatable bonds is 2. The van der Waals surface area contributed by atoms with Crippen molar-refractivity contribution in [2.24, 2.45) is 5.73 Å². The molecule has 0 amide bonds. The van der Waals surface area contributed by atoms with Crippen LogP contribution in [0.5, 0.6) is 0 Å². The van der Waals surface area contributed by atoms with E-state index in [4.69, 9.17) is 21.7 Å². The van der Waals surface area contributed by atoms with Crippen molar-refractivity contribution in [2.75, 3.05) is 0 Å². The minimum atomic E-state index is -3.87. The molecule has 80 valence electrons. The molecule has 7 heteroatoms. The average Bonchev–Trinajstić information content (AvgIpc) is 2.15. The summed E-state index contributed by atoms with van der Waals surface area (Å²) >= 11 is 3.13. The zero-order chi connectivity index (χ0) is 11.6. The first kappa shape index (κ1) is 12.5. The predicted octanol–water partition coefficient (Wildman–Crippen LogP) is 1.71. The molecule has 0 aliphatic carbocycles. The summed E-state index contributed by atoms with van der Waals surface area (Å²) in [6.45, 7) is -0.0659. The molecule has 0 radical (unpaired) electrons. The minimum Gasteiger partial charge on any atom is -0.326 e. The molecule has 4 nitrogen and oxygen atoms in total. The maximum absolute atomic E-state index is 11.2. The molecule has 0 aromatic heterocycles. The number of benzene rings is 1. The normalized spacial score (nSPS) is 11.1. The quantitative estimate of drug-likeness (QED) is 0.843. The summed E-state index contributed by atoms with van der Waals surface area (Å²) in [7, 11) is 1.34. The van der Waals surface area contributed by atoms with Gasteiger partial charge in [0.2, 0.25) is 0 Å². The van der Waals surface area contributed by atoms with Crippen molar-refractivity contribution in [3.63, 3.8) is 0 Å². The van der Waals surface area contributed by atoms with E-state index in [1.54, 1.807) is 0 Å². The van der Waals surface area contributed by atoms with Crippen molar-refractivity contribution in [1.82, 2.24) is 0 Å². The number of nitrogens with two attached hydrogens (primary N) is 1. The van der Waals surface area contributed by atoms with Crippen LogP contribution in [-0.4, -0.2) is 8.42 Å². The van der Waals surface area contributed by atoms with Gasteiger partial charge < -0.3 is 5.73 Å². The van der Waals surface area contributed by atoms with Crippen LogP contribution in [0.2, 0.25) is 0 Å². The Morgan fingerprint density at radius 1 is 1.53 bits per heavy atom. The molecule has 0 fully saturated rings. The van der Waals surface area contributed by atoms with E-state index in [0.29, 0.717) is 4.47 Å². The lowest BCUT2D eigenvalue weighted by atomic mass is 10.1. The largest absolute Gasteiger partial charge is 0.326 e. The van der Waals surface area contributed by atoms with Crippen molar-refractivity contribution in [3.8, 4) is 6.07 Å². The molecule has 0 unspecified atom stereocenters. The first-order chi connectivity index (χ1) is 6.91. The molecule has 0 atom stereocenters. The number of hydrogen-bond acceptors (Lipinski definition) is 4. The lowest BCUT2D eigenvalue weighted by Crippen LogP contribution is -2.07. The van der Waals surface area contributed by atoms with Gasteiger partial charge in [-0.2, -0.15) is 5.26 Å². The molecule has 15 heavy (non-hydrogen) atoms. The molecule has 0 saturated heterocycles. The van der Waals surface area contributed by atoms with Crippen molar-refractivity contribution in [3.05, 3.63) is 27.7 Å². The highest BCUT2D eigenvalue weighted by Gasteiger charge is 2.19. The van der Waals surface area contributed by atoms with Gasteiger partial charge in [0.05, 0.1) is 10.5 Å². The van der Waals surface area contributed by atoms with E-state index in [0.717, 1.165) is 0 Å². The van der Waals surface area contributed by atoms with Gasteiger partial charge in [-0.15, -0.1) is 0 Å². The summed E-state index contributed by atoms with van der Waals surface area (Å²) in [5.41, 5.74) is 5.82. The smallest absolute Gasteiger partial charge is 0.261 e. The molecule has 1 aromatic rings.